The van der Waals surface area contributed by atoms with Crippen LogP contribution < -0.4 is 10.6 Å². The van der Waals surface area contributed by atoms with E-state index in [2.05, 4.69) is 10.6 Å². The largest absolute Gasteiger partial charge is 0.355 e. The number of halogens is 2. The summed E-state index contributed by atoms with van der Waals surface area (Å²) < 4.78 is 0. The Kier molecular flexibility index (Phi) is 4.91. The highest BCUT2D eigenvalue weighted by Gasteiger charge is 2.54. The van der Waals surface area contributed by atoms with E-state index >= 15 is 0 Å². The number of rotatable bonds is 5. The van der Waals surface area contributed by atoms with Gasteiger partial charge in [0.15, 0.2) is 0 Å². The van der Waals surface area contributed by atoms with Crippen molar-refractivity contribution in [2.75, 3.05) is 11.9 Å². The molecular weight excluding hydrogens is 371 g/mol. The summed E-state index contributed by atoms with van der Waals surface area (Å²) in [6.07, 6.45) is 7.28. The lowest BCUT2D eigenvalue weighted by Crippen LogP contribution is -2.53. The minimum atomic E-state index is -0.181. The van der Waals surface area contributed by atoms with Crippen molar-refractivity contribution < 1.29 is 9.59 Å². The second kappa shape index (κ2) is 7.05. The molecule has 1 aromatic rings. The van der Waals surface area contributed by atoms with Crippen LogP contribution in [-0.4, -0.2) is 18.4 Å². The van der Waals surface area contributed by atoms with Crippen LogP contribution >= 0.6 is 23.2 Å². The fraction of sp³-hybridized carbons (Fsp3) is 0.600. The van der Waals surface area contributed by atoms with Gasteiger partial charge in [-0.25, -0.2) is 0 Å². The van der Waals surface area contributed by atoms with Crippen molar-refractivity contribution in [3.8, 4) is 0 Å². The van der Waals surface area contributed by atoms with Crippen LogP contribution in [0.15, 0.2) is 18.2 Å². The van der Waals surface area contributed by atoms with Gasteiger partial charge in [0, 0.05) is 23.4 Å². The van der Waals surface area contributed by atoms with Crippen LogP contribution in [0.1, 0.15) is 44.9 Å². The van der Waals surface area contributed by atoms with Gasteiger partial charge in [-0.2, -0.15) is 0 Å². The first-order chi connectivity index (χ1) is 12.4. The lowest BCUT2D eigenvalue weighted by atomic mass is 9.49. The molecule has 140 valence electrons. The summed E-state index contributed by atoms with van der Waals surface area (Å²) in [5.41, 5.74) is 0.332. The molecule has 4 aliphatic rings. The molecule has 4 fully saturated rings. The van der Waals surface area contributed by atoms with E-state index in [1.165, 1.54) is 19.3 Å². The van der Waals surface area contributed by atoms with Crippen molar-refractivity contribution in [1.82, 2.24) is 5.32 Å². The molecule has 0 radical (unpaired) electrons. The number of benzene rings is 1. The van der Waals surface area contributed by atoms with E-state index in [1.54, 1.807) is 18.2 Å². The Hall–Kier alpha value is -1.26. The maximum absolute atomic E-state index is 12.9. The van der Waals surface area contributed by atoms with Crippen molar-refractivity contribution in [1.29, 1.82) is 0 Å². The SMILES string of the molecule is O=C(CCNC(=O)C12CC3CC(CC(C3)C1)C2)Nc1cc(Cl)ccc1Cl. The summed E-state index contributed by atoms with van der Waals surface area (Å²) in [6, 6.07) is 4.94. The summed E-state index contributed by atoms with van der Waals surface area (Å²) in [6.45, 7) is 0.352. The van der Waals surface area contributed by atoms with Gasteiger partial charge in [-0.05, 0) is 74.5 Å². The van der Waals surface area contributed by atoms with E-state index < -0.39 is 0 Å². The lowest BCUT2D eigenvalue weighted by molar-refractivity contribution is -0.146. The van der Waals surface area contributed by atoms with Crippen LogP contribution in [0.4, 0.5) is 5.69 Å². The minimum Gasteiger partial charge on any atom is -0.355 e. The predicted molar refractivity (Wildman–Crippen MR) is 103 cm³/mol. The normalized spacial score (nSPS) is 31.7. The number of nitrogens with one attached hydrogen (secondary N) is 2. The Morgan fingerprint density at radius 2 is 1.65 bits per heavy atom. The zero-order valence-corrected chi connectivity index (χ0v) is 16.2. The molecular formula is C20H24Cl2N2O2. The van der Waals surface area contributed by atoms with Gasteiger partial charge in [0.1, 0.15) is 0 Å². The number of carbonyl (C=O) groups excluding carboxylic acids is 2. The first-order valence-corrected chi connectivity index (χ1v) is 10.2. The van der Waals surface area contributed by atoms with Crippen LogP contribution in [0.2, 0.25) is 10.0 Å². The average molecular weight is 395 g/mol. The zero-order valence-electron chi connectivity index (χ0n) is 14.7. The molecule has 26 heavy (non-hydrogen) atoms. The number of amides is 2. The van der Waals surface area contributed by atoms with Crippen LogP contribution in [0, 0.1) is 23.2 Å². The third-order valence-electron chi connectivity index (χ3n) is 6.36. The molecule has 4 saturated carbocycles. The number of carbonyl (C=O) groups is 2. The highest BCUT2D eigenvalue weighted by atomic mass is 35.5. The molecule has 1 aromatic carbocycles. The molecule has 0 unspecified atom stereocenters. The van der Waals surface area contributed by atoms with Gasteiger partial charge < -0.3 is 10.6 Å². The third-order valence-corrected chi connectivity index (χ3v) is 6.92. The summed E-state index contributed by atoms with van der Waals surface area (Å²) in [5.74, 6) is 2.19. The van der Waals surface area contributed by atoms with Crippen LogP contribution in [0.3, 0.4) is 0 Å². The Morgan fingerprint density at radius 3 is 2.27 bits per heavy atom. The zero-order chi connectivity index (χ0) is 18.3. The third kappa shape index (κ3) is 3.59. The summed E-state index contributed by atoms with van der Waals surface area (Å²) in [7, 11) is 0. The quantitative estimate of drug-likeness (QED) is 0.762. The van der Waals surface area contributed by atoms with Gasteiger partial charge in [0.05, 0.1) is 10.7 Å². The topological polar surface area (TPSA) is 58.2 Å². The van der Waals surface area contributed by atoms with E-state index in [9.17, 15) is 9.59 Å². The second-order valence-corrected chi connectivity index (χ2v) is 9.22. The molecule has 0 heterocycles. The Bertz CT molecular complexity index is 699. The molecule has 0 aliphatic heterocycles. The van der Waals surface area contributed by atoms with Gasteiger partial charge in [-0.15, -0.1) is 0 Å². The monoisotopic (exact) mass is 394 g/mol. The van der Waals surface area contributed by atoms with E-state index in [-0.39, 0.29) is 23.7 Å². The Balaban J connectivity index is 1.29. The maximum Gasteiger partial charge on any atom is 0.226 e. The van der Waals surface area contributed by atoms with Gasteiger partial charge in [-0.1, -0.05) is 23.2 Å². The lowest BCUT2D eigenvalue weighted by Gasteiger charge is -2.55. The highest BCUT2D eigenvalue weighted by Crippen LogP contribution is 2.60. The van der Waals surface area contributed by atoms with E-state index in [0.717, 1.165) is 37.0 Å². The molecule has 4 nitrogen and oxygen atoms in total. The smallest absolute Gasteiger partial charge is 0.226 e. The number of hydrogen-bond donors (Lipinski definition) is 2. The van der Waals surface area contributed by atoms with Crippen LogP contribution in [0.25, 0.3) is 0 Å². The van der Waals surface area contributed by atoms with E-state index in [1.807, 2.05) is 0 Å². The van der Waals surface area contributed by atoms with E-state index in [0.29, 0.717) is 22.3 Å². The molecule has 6 heteroatoms. The molecule has 5 rings (SSSR count). The van der Waals surface area contributed by atoms with E-state index in [4.69, 9.17) is 23.2 Å². The van der Waals surface area contributed by atoms with Gasteiger partial charge in [-0.3, -0.25) is 9.59 Å². The van der Waals surface area contributed by atoms with Crippen molar-refractivity contribution in [2.24, 2.45) is 23.2 Å². The molecule has 4 aliphatic carbocycles. The standard InChI is InChI=1S/C20H24Cl2N2O2/c21-15-1-2-16(22)17(8-15)24-18(25)3-4-23-19(26)20-9-12-5-13(10-20)7-14(6-12)11-20/h1-2,8,12-14H,3-7,9-11H2,(H,23,26)(H,24,25). The second-order valence-electron chi connectivity index (χ2n) is 8.38. The molecule has 2 amide bonds. The first kappa shape index (κ1) is 18.1. The average Bonchev–Trinajstić information content (AvgIpc) is 2.57. The fourth-order valence-corrected chi connectivity index (χ4v) is 6.01. The summed E-state index contributed by atoms with van der Waals surface area (Å²) in [4.78, 5) is 25.0. The van der Waals surface area contributed by atoms with Gasteiger partial charge in [0.2, 0.25) is 11.8 Å². The molecule has 2 N–H and O–H groups in total. The van der Waals surface area contributed by atoms with Crippen molar-refractivity contribution in [3.05, 3.63) is 28.2 Å². The molecule has 0 aromatic heterocycles. The first-order valence-electron chi connectivity index (χ1n) is 9.47. The van der Waals surface area contributed by atoms with Crippen LogP contribution in [-0.2, 0) is 9.59 Å². The van der Waals surface area contributed by atoms with Gasteiger partial charge >= 0.3 is 0 Å². The van der Waals surface area contributed by atoms with Crippen molar-refractivity contribution >= 4 is 40.7 Å². The molecule has 4 bridgehead atoms. The highest BCUT2D eigenvalue weighted by molar-refractivity contribution is 6.35. The Morgan fingerprint density at radius 1 is 1.04 bits per heavy atom. The van der Waals surface area contributed by atoms with Gasteiger partial charge in [0.25, 0.3) is 0 Å². The fourth-order valence-electron chi connectivity index (χ4n) is 5.67. The van der Waals surface area contributed by atoms with Crippen molar-refractivity contribution in [3.63, 3.8) is 0 Å². The summed E-state index contributed by atoms with van der Waals surface area (Å²) >= 11 is 12.0. The molecule has 0 saturated heterocycles. The summed E-state index contributed by atoms with van der Waals surface area (Å²) in [5, 5.41) is 6.74. The maximum atomic E-state index is 12.9. The Labute approximate surface area is 164 Å². The van der Waals surface area contributed by atoms with Crippen molar-refractivity contribution in [2.45, 2.75) is 44.9 Å². The minimum absolute atomic E-state index is 0.158. The number of anilines is 1. The predicted octanol–water partition coefficient (Wildman–Crippen LogP) is 4.65. The van der Waals surface area contributed by atoms with Crippen LogP contribution in [0.5, 0.6) is 0 Å². The molecule has 0 spiro atoms. The molecule has 0 atom stereocenters. The number of hydrogen-bond acceptors (Lipinski definition) is 2.